The lowest BCUT2D eigenvalue weighted by Gasteiger charge is -2.10. The molecule has 0 spiro atoms. The van der Waals surface area contributed by atoms with Crippen LogP contribution in [0.2, 0.25) is 0 Å². The lowest BCUT2D eigenvalue weighted by molar-refractivity contribution is 0.355. The molecule has 0 bridgehead atoms. The van der Waals surface area contributed by atoms with Crippen LogP contribution in [0.15, 0.2) is 36.5 Å². The minimum absolute atomic E-state index is 0.620. The number of ether oxygens (including phenoxy) is 2. The van der Waals surface area contributed by atoms with E-state index in [9.17, 15) is 0 Å². The first-order valence-corrected chi connectivity index (χ1v) is 7.52. The fraction of sp³-hybridized carbons (Fsp3) is 0.294. The fourth-order valence-electron chi connectivity index (χ4n) is 2.62. The van der Waals surface area contributed by atoms with Crippen molar-refractivity contribution in [2.45, 2.75) is 13.0 Å². The predicted octanol–water partition coefficient (Wildman–Crippen LogP) is 2.46. The minimum atomic E-state index is 0.620. The Morgan fingerprint density at radius 1 is 1.13 bits per heavy atom. The van der Waals surface area contributed by atoms with Gasteiger partial charge in [0.15, 0.2) is 17.3 Å². The topological polar surface area (TPSA) is 75.2 Å². The van der Waals surface area contributed by atoms with E-state index in [4.69, 9.17) is 20.2 Å². The van der Waals surface area contributed by atoms with Crippen LogP contribution in [0.25, 0.3) is 22.6 Å². The van der Waals surface area contributed by atoms with Crippen LogP contribution in [-0.4, -0.2) is 35.3 Å². The monoisotopic (exact) mass is 312 g/mol. The van der Waals surface area contributed by atoms with Crippen molar-refractivity contribution in [1.29, 1.82) is 0 Å². The zero-order valence-electron chi connectivity index (χ0n) is 13.3. The lowest BCUT2D eigenvalue weighted by atomic mass is 10.2. The minimum Gasteiger partial charge on any atom is -0.493 e. The highest BCUT2D eigenvalue weighted by Crippen LogP contribution is 2.34. The summed E-state index contributed by atoms with van der Waals surface area (Å²) < 4.78 is 12.9. The number of fused-ring (bicyclic) bond motifs is 1. The summed E-state index contributed by atoms with van der Waals surface area (Å²) in [5.41, 5.74) is 8.35. The average molecular weight is 312 g/mol. The van der Waals surface area contributed by atoms with Crippen LogP contribution in [0.3, 0.4) is 0 Å². The number of nitrogens with zero attached hydrogens (tertiary/aromatic N) is 3. The summed E-state index contributed by atoms with van der Waals surface area (Å²) in [5, 5.41) is 0. The Bertz CT molecular complexity index is 799. The number of nitrogens with two attached hydrogens (primary N) is 1. The van der Waals surface area contributed by atoms with Crippen molar-refractivity contribution in [3.05, 3.63) is 36.5 Å². The number of benzene rings is 1. The summed E-state index contributed by atoms with van der Waals surface area (Å²) in [5.74, 6) is 2.17. The molecule has 6 heteroatoms. The van der Waals surface area contributed by atoms with Gasteiger partial charge in [-0.05, 0) is 25.1 Å². The number of rotatable bonds is 6. The highest BCUT2D eigenvalue weighted by molar-refractivity contribution is 5.83. The molecular weight excluding hydrogens is 292 g/mol. The van der Waals surface area contributed by atoms with E-state index in [0.29, 0.717) is 18.0 Å². The second-order valence-electron chi connectivity index (χ2n) is 5.14. The second kappa shape index (κ2) is 6.66. The van der Waals surface area contributed by atoms with E-state index < -0.39 is 0 Å². The van der Waals surface area contributed by atoms with Crippen LogP contribution in [0, 0.1) is 0 Å². The number of pyridine rings is 1. The summed E-state index contributed by atoms with van der Waals surface area (Å²) in [6.07, 6.45) is 2.63. The smallest absolute Gasteiger partial charge is 0.163 e. The standard InChI is InChI=1S/C17H20N4O2/c1-22-15-10-13-14(11-16(15)23-2)21(9-5-7-18)17(20-13)12-6-3-4-8-19-12/h3-4,6,8,10-11H,5,7,9,18H2,1-2H3. The number of methoxy groups -OCH3 is 2. The van der Waals surface area contributed by atoms with Crippen LogP contribution in [0.5, 0.6) is 11.5 Å². The highest BCUT2D eigenvalue weighted by atomic mass is 16.5. The van der Waals surface area contributed by atoms with Crippen LogP contribution in [0.1, 0.15) is 6.42 Å². The van der Waals surface area contributed by atoms with Crippen molar-refractivity contribution in [2.24, 2.45) is 5.73 Å². The maximum Gasteiger partial charge on any atom is 0.163 e. The van der Waals surface area contributed by atoms with Gasteiger partial charge in [-0.15, -0.1) is 0 Å². The zero-order valence-corrected chi connectivity index (χ0v) is 13.3. The van der Waals surface area contributed by atoms with E-state index in [-0.39, 0.29) is 0 Å². The molecule has 0 aliphatic heterocycles. The Morgan fingerprint density at radius 2 is 1.91 bits per heavy atom. The Kier molecular flexibility index (Phi) is 4.43. The summed E-state index contributed by atoms with van der Waals surface area (Å²) in [6.45, 7) is 1.39. The molecule has 3 aromatic rings. The quantitative estimate of drug-likeness (QED) is 0.757. The van der Waals surface area contributed by atoms with E-state index in [2.05, 4.69) is 9.55 Å². The van der Waals surface area contributed by atoms with Gasteiger partial charge in [0.05, 0.1) is 25.3 Å². The van der Waals surface area contributed by atoms with Crippen molar-refractivity contribution in [1.82, 2.24) is 14.5 Å². The third-order valence-corrected chi connectivity index (χ3v) is 3.73. The molecule has 0 aliphatic carbocycles. The molecule has 0 saturated carbocycles. The van der Waals surface area contributed by atoms with Gasteiger partial charge in [0.1, 0.15) is 5.69 Å². The normalized spacial score (nSPS) is 10.9. The highest BCUT2D eigenvalue weighted by Gasteiger charge is 2.16. The number of hydrogen-bond acceptors (Lipinski definition) is 5. The third-order valence-electron chi connectivity index (χ3n) is 3.73. The third kappa shape index (κ3) is 2.85. The molecule has 2 aromatic heterocycles. The van der Waals surface area contributed by atoms with E-state index in [1.54, 1.807) is 20.4 Å². The van der Waals surface area contributed by atoms with Crippen molar-refractivity contribution in [2.75, 3.05) is 20.8 Å². The summed E-state index contributed by atoms with van der Waals surface area (Å²) in [6, 6.07) is 9.64. The van der Waals surface area contributed by atoms with E-state index in [0.717, 1.165) is 35.5 Å². The Balaban J connectivity index is 2.22. The first-order chi connectivity index (χ1) is 11.3. The average Bonchev–Trinajstić information content (AvgIpc) is 2.96. The summed E-state index contributed by atoms with van der Waals surface area (Å²) >= 11 is 0. The van der Waals surface area contributed by atoms with Crippen LogP contribution in [-0.2, 0) is 6.54 Å². The van der Waals surface area contributed by atoms with Gasteiger partial charge in [0, 0.05) is 24.9 Å². The van der Waals surface area contributed by atoms with E-state index >= 15 is 0 Å². The molecule has 120 valence electrons. The molecule has 0 atom stereocenters. The molecule has 0 radical (unpaired) electrons. The first-order valence-electron chi connectivity index (χ1n) is 7.52. The van der Waals surface area contributed by atoms with Gasteiger partial charge in [0.25, 0.3) is 0 Å². The Hall–Kier alpha value is -2.60. The molecule has 0 amide bonds. The summed E-state index contributed by atoms with van der Waals surface area (Å²) in [4.78, 5) is 9.17. The fourth-order valence-corrected chi connectivity index (χ4v) is 2.62. The largest absolute Gasteiger partial charge is 0.493 e. The van der Waals surface area contributed by atoms with Gasteiger partial charge in [-0.1, -0.05) is 6.07 Å². The molecule has 0 aliphatic rings. The first kappa shape index (κ1) is 15.3. The molecule has 2 heterocycles. The molecule has 3 rings (SSSR count). The van der Waals surface area contributed by atoms with Gasteiger partial charge >= 0.3 is 0 Å². The van der Waals surface area contributed by atoms with E-state index in [1.807, 2.05) is 30.3 Å². The SMILES string of the molecule is COc1cc2nc(-c3ccccn3)n(CCCN)c2cc1OC. The Labute approximate surface area is 134 Å². The molecule has 0 fully saturated rings. The van der Waals surface area contributed by atoms with Gasteiger partial charge in [-0.25, -0.2) is 4.98 Å². The molecule has 0 saturated heterocycles. The predicted molar refractivity (Wildman–Crippen MR) is 89.7 cm³/mol. The maximum absolute atomic E-state index is 5.69. The van der Waals surface area contributed by atoms with Crippen molar-refractivity contribution >= 4 is 11.0 Å². The number of aromatic nitrogens is 3. The Morgan fingerprint density at radius 3 is 2.57 bits per heavy atom. The van der Waals surface area contributed by atoms with Crippen LogP contribution < -0.4 is 15.2 Å². The number of aryl methyl sites for hydroxylation is 1. The summed E-state index contributed by atoms with van der Waals surface area (Å²) in [7, 11) is 3.25. The van der Waals surface area contributed by atoms with Crippen molar-refractivity contribution < 1.29 is 9.47 Å². The molecule has 23 heavy (non-hydrogen) atoms. The molecule has 0 unspecified atom stereocenters. The van der Waals surface area contributed by atoms with Crippen molar-refractivity contribution in [3.63, 3.8) is 0 Å². The van der Waals surface area contributed by atoms with Crippen LogP contribution >= 0.6 is 0 Å². The molecular formula is C17H20N4O2. The lowest BCUT2D eigenvalue weighted by Crippen LogP contribution is -2.07. The van der Waals surface area contributed by atoms with Gasteiger partial charge in [0.2, 0.25) is 0 Å². The molecule has 2 N–H and O–H groups in total. The number of imidazole rings is 1. The maximum atomic E-state index is 5.69. The van der Waals surface area contributed by atoms with Gasteiger partial charge < -0.3 is 19.8 Å². The van der Waals surface area contributed by atoms with Crippen molar-refractivity contribution in [3.8, 4) is 23.0 Å². The number of hydrogen-bond donors (Lipinski definition) is 1. The molecule has 6 nitrogen and oxygen atoms in total. The van der Waals surface area contributed by atoms with Gasteiger partial charge in [-0.2, -0.15) is 0 Å². The molecule has 1 aromatic carbocycles. The van der Waals surface area contributed by atoms with E-state index in [1.165, 1.54) is 0 Å². The van der Waals surface area contributed by atoms with Crippen LogP contribution in [0.4, 0.5) is 0 Å². The zero-order chi connectivity index (χ0) is 16.2. The van der Waals surface area contributed by atoms with Gasteiger partial charge in [-0.3, -0.25) is 4.98 Å². The second-order valence-corrected chi connectivity index (χ2v) is 5.14.